The van der Waals surface area contributed by atoms with Crippen molar-refractivity contribution >= 4 is 35.8 Å². The van der Waals surface area contributed by atoms with Crippen LogP contribution in [0.25, 0.3) is 0 Å². The Morgan fingerprint density at radius 1 is 0.862 bits per heavy atom. The molecule has 156 valence electrons. The summed E-state index contributed by atoms with van der Waals surface area (Å²) in [4.78, 5) is 0. The second-order valence-electron chi connectivity index (χ2n) is 8.10. The third-order valence-corrected chi connectivity index (χ3v) is 11.3. The predicted molar refractivity (Wildman–Crippen MR) is 122 cm³/mol. The second-order valence-corrected chi connectivity index (χ2v) is 13.6. The first-order valence-electron chi connectivity index (χ1n) is 10.0. The van der Waals surface area contributed by atoms with E-state index in [4.69, 9.17) is 8.95 Å². The molecule has 0 aromatic heterocycles. The number of hydrogen-bond donors (Lipinski definition) is 0. The zero-order valence-corrected chi connectivity index (χ0v) is 20.2. The van der Waals surface area contributed by atoms with Crippen LogP contribution in [-0.4, -0.2) is 20.8 Å². The summed E-state index contributed by atoms with van der Waals surface area (Å²) in [7, 11) is -3.00. The van der Waals surface area contributed by atoms with Crippen molar-refractivity contribution in [1.29, 1.82) is 0 Å². The van der Waals surface area contributed by atoms with E-state index in [1.807, 2.05) is 12.1 Å². The Kier molecular flexibility index (Phi) is 9.81. The number of benzene rings is 2. The molecule has 0 fully saturated rings. The molecule has 0 heterocycles. The Morgan fingerprint density at radius 3 is 1.86 bits per heavy atom. The summed E-state index contributed by atoms with van der Waals surface area (Å²) >= 11 is 0. The first-order chi connectivity index (χ1) is 14.0. The third kappa shape index (κ3) is 6.38. The van der Waals surface area contributed by atoms with E-state index >= 15 is 0 Å². The summed E-state index contributed by atoms with van der Waals surface area (Å²) in [5.41, 5.74) is 0. The molecule has 0 radical (unpaired) electrons. The molecule has 1 unspecified atom stereocenters. The smallest absolute Gasteiger partial charge is 0.328 e. The molecule has 7 heteroatoms. The number of unbranched alkanes of at least 4 members (excludes halogenated alkanes) is 2. The maximum absolute atomic E-state index is 11.0. The maximum Gasteiger partial charge on any atom is 0.328 e. The number of hydrogen-bond acceptors (Lipinski definition) is 4. The molecule has 0 spiro atoms. The van der Waals surface area contributed by atoms with E-state index in [1.165, 1.54) is 10.4 Å². The second kappa shape index (κ2) is 11.8. The minimum absolute atomic E-state index is 0.0245. The van der Waals surface area contributed by atoms with Crippen molar-refractivity contribution in [2.45, 2.75) is 57.3 Å². The lowest BCUT2D eigenvalue weighted by atomic mass is 10.2. The lowest BCUT2D eigenvalue weighted by molar-refractivity contribution is 0.270. The van der Waals surface area contributed by atoms with Gasteiger partial charge in [-0.1, -0.05) is 87.9 Å². The van der Waals surface area contributed by atoms with Gasteiger partial charge in [0, 0.05) is 6.61 Å². The quantitative estimate of drug-likeness (QED) is 0.228. The van der Waals surface area contributed by atoms with Crippen LogP contribution < -0.4 is 10.4 Å². The molecular formula is C22H30O4P2Si. The minimum atomic E-state index is -2.47. The first kappa shape index (κ1) is 24.1. The topological polar surface area (TPSA) is 52.6 Å². The summed E-state index contributed by atoms with van der Waals surface area (Å²) in [6, 6.07) is 21.2. The standard InChI is InChI=1S/C22H30O4P2Si/c1-22(2,3)29(19-13-7-4-8-14-19,20-15-9-5-10-16-20)25-18-12-6-11-17-21(27-23)26-28-24/h4-5,7-10,13-16,21H,6,11-12,17-18H2,1-3H3. The summed E-state index contributed by atoms with van der Waals surface area (Å²) in [5, 5.41) is 2.54. The van der Waals surface area contributed by atoms with Gasteiger partial charge in [-0.25, -0.2) is 4.57 Å². The van der Waals surface area contributed by atoms with Crippen LogP contribution in [0.1, 0.15) is 46.5 Å². The molecule has 0 saturated carbocycles. The number of rotatable bonds is 12. The van der Waals surface area contributed by atoms with E-state index < -0.39 is 22.8 Å². The van der Waals surface area contributed by atoms with E-state index in [0.717, 1.165) is 19.3 Å². The lowest BCUT2D eigenvalue weighted by Gasteiger charge is -2.43. The van der Waals surface area contributed by atoms with Crippen molar-refractivity contribution in [3.63, 3.8) is 0 Å². The molecule has 0 N–H and O–H groups in total. The monoisotopic (exact) mass is 448 g/mol. The van der Waals surface area contributed by atoms with Gasteiger partial charge in [-0.05, 0) is 34.7 Å². The van der Waals surface area contributed by atoms with Crippen LogP contribution in [0, 0.1) is 0 Å². The average Bonchev–Trinajstić information content (AvgIpc) is 2.73. The van der Waals surface area contributed by atoms with Crippen molar-refractivity contribution in [2.24, 2.45) is 0 Å². The van der Waals surface area contributed by atoms with Crippen LogP contribution in [0.5, 0.6) is 0 Å². The van der Waals surface area contributed by atoms with Gasteiger partial charge in [0.05, 0.1) is 0 Å². The van der Waals surface area contributed by atoms with Gasteiger partial charge in [0.1, 0.15) is 0 Å². The minimum Gasteiger partial charge on any atom is -0.407 e. The summed E-state index contributed by atoms with van der Waals surface area (Å²) in [6.07, 6.45) is 3.35. The molecule has 0 aliphatic carbocycles. The van der Waals surface area contributed by atoms with Crippen LogP contribution in [0.4, 0.5) is 0 Å². The predicted octanol–water partition coefficient (Wildman–Crippen LogP) is 5.96. The zero-order chi connectivity index (χ0) is 21.2. The van der Waals surface area contributed by atoms with Gasteiger partial charge in [-0.15, -0.1) is 0 Å². The largest absolute Gasteiger partial charge is 0.407 e. The SMILES string of the molecule is CC(C)(C)[Si](OCCCCCC(OP=O)P=O)(c1ccccc1)c1ccccc1. The Balaban J connectivity index is 2.13. The first-order valence-corrected chi connectivity index (χ1v) is 13.5. The molecule has 29 heavy (non-hydrogen) atoms. The fraction of sp³-hybridized carbons (Fsp3) is 0.455. The summed E-state index contributed by atoms with van der Waals surface area (Å²) in [6.45, 7) is 7.50. The van der Waals surface area contributed by atoms with E-state index in [9.17, 15) is 9.13 Å². The average molecular weight is 449 g/mol. The van der Waals surface area contributed by atoms with Crippen molar-refractivity contribution in [3.8, 4) is 0 Å². The van der Waals surface area contributed by atoms with Crippen LogP contribution in [0.3, 0.4) is 0 Å². The molecule has 2 aromatic carbocycles. The van der Waals surface area contributed by atoms with Gasteiger partial charge >= 0.3 is 8.69 Å². The van der Waals surface area contributed by atoms with Crippen LogP contribution in [-0.2, 0) is 18.1 Å². The van der Waals surface area contributed by atoms with Crippen LogP contribution in [0.15, 0.2) is 60.7 Å². The molecule has 0 saturated heterocycles. The highest BCUT2D eigenvalue weighted by Crippen LogP contribution is 2.36. The van der Waals surface area contributed by atoms with Crippen molar-refractivity contribution in [1.82, 2.24) is 0 Å². The van der Waals surface area contributed by atoms with Crippen molar-refractivity contribution in [3.05, 3.63) is 60.7 Å². The Bertz CT molecular complexity index is 711. The highest BCUT2D eigenvalue weighted by atomic mass is 31.1. The molecule has 4 nitrogen and oxygen atoms in total. The Hall–Kier alpha value is -1.22. The molecule has 0 bridgehead atoms. The van der Waals surface area contributed by atoms with E-state index in [2.05, 4.69) is 69.3 Å². The van der Waals surface area contributed by atoms with Crippen LogP contribution >= 0.6 is 17.1 Å². The fourth-order valence-electron chi connectivity index (χ4n) is 3.76. The zero-order valence-electron chi connectivity index (χ0n) is 17.4. The third-order valence-electron chi connectivity index (χ3n) is 5.11. The fourth-order valence-corrected chi connectivity index (χ4v) is 9.13. The van der Waals surface area contributed by atoms with Crippen LogP contribution in [0.2, 0.25) is 5.04 Å². The van der Waals surface area contributed by atoms with E-state index in [0.29, 0.717) is 13.0 Å². The van der Waals surface area contributed by atoms with Gasteiger partial charge in [0.2, 0.25) is 0 Å². The van der Waals surface area contributed by atoms with Gasteiger partial charge in [-0.3, -0.25) is 9.09 Å². The van der Waals surface area contributed by atoms with Crippen molar-refractivity contribution in [2.75, 3.05) is 6.61 Å². The maximum atomic E-state index is 11.0. The Morgan fingerprint density at radius 2 is 1.41 bits per heavy atom. The molecule has 1 atom stereocenters. The molecule has 2 aromatic rings. The summed E-state index contributed by atoms with van der Waals surface area (Å²) in [5.74, 6) is -0.494. The summed E-state index contributed by atoms with van der Waals surface area (Å²) < 4.78 is 33.2. The van der Waals surface area contributed by atoms with E-state index in [-0.39, 0.29) is 13.5 Å². The molecular weight excluding hydrogens is 418 g/mol. The van der Waals surface area contributed by atoms with Gasteiger partial charge in [-0.2, -0.15) is 0 Å². The van der Waals surface area contributed by atoms with E-state index in [1.54, 1.807) is 0 Å². The van der Waals surface area contributed by atoms with Gasteiger partial charge < -0.3 is 4.43 Å². The van der Waals surface area contributed by atoms with Crippen molar-refractivity contribution < 1.29 is 18.1 Å². The lowest BCUT2D eigenvalue weighted by Crippen LogP contribution is -2.66. The normalized spacial score (nSPS) is 13.6. The highest BCUT2D eigenvalue weighted by Gasteiger charge is 2.49. The Labute approximate surface area is 178 Å². The van der Waals surface area contributed by atoms with Gasteiger partial charge in [0.15, 0.2) is 14.3 Å². The van der Waals surface area contributed by atoms with Gasteiger partial charge in [0.25, 0.3) is 8.32 Å². The highest BCUT2D eigenvalue weighted by molar-refractivity contribution is 7.26. The molecule has 2 rings (SSSR count). The molecule has 0 aliphatic rings. The molecule has 0 amide bonds. The molecule has 0 aliphatic heterocycles.